The van der Waals surface area contributed by atoms with Crippen molar-refractivity contribution in [2.24, 2.45) is 0 Å². The highest BCUT2D eigenvalue weighted by atomic mass is 35.5. The Morgan fingerprint density at radius 1 is 0.975 bits per heavy atom. The van der Waals surface area contributed by atoms with Gasteiger partial charge in [-0.15, -0.1) is 0 Å². The van der Waals surface area contributed by atoms with Gasteiger partial charge in [-0.05, 0) is 73.4 Å². The monoisotopic (exact) mass is 585 g/mol. The lowest BCUT2D eigenvalue weighted by atomic mass is 10.1. The molecule has 0 saturated heterocycles. The second kappa shape index (κ2) is 13.3. The molecule has 3 aromatic carbocycles. The fourth-order valence-electron chi connectivity index (χ4n) is 4.93. The van der Waals surface area contributed by atoms with E-state index in [0.717, 1.165) is 47.7 Å². The minimum Gasteiger partial charge on any atom is -0.352 e. The Labute approximate surface area is 240 Å². The van der Waals surface area contributed by atoms with Gasteiger partial charge < -0.3 is 10.2 Å². The fraction of sp³-hybridized carbons (Fsp3) is 0.333. The number of sulfonamides is 1. The molecule has 4 rings (SSSR count). The zero-order valence-corrected chi connectivity index (χ0v) is 23.9. The van der Waals surface area contributed by atoms with Crippen molar-refractivity contribution in [2.45, 2.75) is 62.6 Å². The third kappa shape index (κ3) is 7.20. The molecule has 2 amide bonds. The SMILES string of the molecule is CC[C@@H](C(=O)NC1CCCC1)N(Cc1ccc(Cl)cc1)C(=O)CN(c1ccc(F)cc1)S(=O)(=O)c1ccccc1. The number of benzene rings is 3. The van der Waals surface area contributed by atoms with Crippen LogP contribution in [0.15, 0.2) is 83.8 Å². The van der Waals surface area contributed by atoms with E-state index >= 15 is 0 Å². The molecule has 212 valence electrons. The lowest BCUT2D eigenvalue weighted by Crippen LogP contribution is -2.53. The summed E-state index contributed by atoms with van der Waals surface area (Å²) in [4.78, 5) is 28.9. The Hall–Kier alpha value is -3.43. The molecule has 1 aliphatic carbocycles. The highest BCUT2D eigenvalue weighted by Crippen LogP contribution is 2.26. The van der Waals surface area contributed by atoms with Crippen LogP contribution >= 0.6 is 11.6 Å². The van der Waals surface area contributed by atoms with Crippen molar-refractivity contribution in [3.63, 3.8) is 0 Å². The summed E-state index contributed by atoms with van der Waals surface area (Å²) in [6.07, 6.45) is 4.19. The maximum atomic E-state index is 14.0. The number of carbonyl (C=O) groups excluding carboxylic acids is 2. The van der Waals surface area contributed by atoms with Crippen LogP contribution in [-0.2, 0) is 26.2 Å². The fourth-order valence-corrected chi connectivity index (χ4v) is 6.49. The first-order chi connectivity index (χ1) is 19.2. The molecule has 1 fully saturated rings. The minimum absolute atomic E-state index is 0.0117. The van der Waals surface area contributed by atoms with E-state index in [1.165, 1.54) is 29.2 Å². The van der Waals surface area contributed by atoms with Crippen molar-refractivity contribution >= 4 is 39.1 Å². The van der Waals surface area contributed by atoms with Gasteiger partial charge in [0, 0.05) is 17.6 Å². The van der Waals surface area contributed by atoms with Crippen molar-refractivity contribution in [1.29, 1.82) is 0 Å². The summed E-state index contributed by atoms with van der Waals surface area (Å²) in [5.41, 5.74) is 0.873. The number of carbonyl (C=O) groups is 2. The number of nitrogens with one attached hydrogen (secondary N) is 1. The number of rotatable bonds is 11. The number of nitrogens with zero attached hydrogens (tertiary/aromatic N) is 2. The summed E-state index contributed by atoms with van der Waals surface area (Å²) in [6.45, 7) is 1.32. The van der Waals surface area contributed by atoms with Crippen molar-refractivity contribution in [3.05, 3.63) is 95.3 Å². The number of halogens is 2. The molecule has 0 radical (unpaired) electrons. The molecule has 0 unspecified atom stereocenters. The average Bonchev–Trinajstić information content (AvgIpc) is 3.46. The van der Waals surface area contributed by atoms with Crippen molar-refractivity contribution in [1.82, 2.24) is 10.2 Å². The predicted molar refractivity (Wildman–Crippen MR) is 154 cm³/mol. The molecular weight excluding hydrogens is 553 g/mol. The molecule has 1 aliphatic rings. The average molecular weight is 586 g/mol. The maximum absolute atomic E-state index is 14.0. The van der Waals surface area contributed by atoms with Crippen LogP contribution in [0.2, 0.25) is 5.02 Å². The molecule has 10 heteroatoms. The lowest BCUT2D eigenvalue weighted by molar-refractivity contribution is -0.140. The summed E-state index contributed by atoms with van der Waals surface area (Å²) in [7, 11) is -4.20. The summed E-state index contributed by atoms with van der Waals surface area (Å²) in [5.74, 6) is -1.37. The Morgan fingerprint density at radius 3 is 2.20 bits per heavy atom. The molecule has 1 N–H and O–H groups in total. The topological polar surface area (TPSA) is 86.8 Å². The van der Waals surface area contributed by atoms with Crippen LogP contribution in [0.1, 0.15) is 44.6 Å². The second-order valence-electron chi connectivity index (χ2n) is 9.86. The number of hydrogen-bond acceptors (Lipinski definition) is 4. The van der Waals surface area contributed by atoms with E-state index in [1.807, 2.05) is 6.92 Å². The van der Waals surface area contributed by atoms with E-state index in [4.69, 9.17) is 11.6 Å². The van der Waals surface area contributed by atoms with Gasteiger partial charge in [0.15, 0.2) is 0 Å². The molecule has 1 atom stereocenters. The number of amides is 2. The first-order valence-corrected chi connectivity index (χ1v) is 15.2. The standard InChI is InChI=1S/C30H33ClFN3O4S/c1-2-28(30(37)33-25-8-6-7-9-25)34(20-22-12-14-23(31)15-13-22)29(36)21-35(26-18-16-24(32)17-19-26)40(38,39)27-10-4-3-5-11-27/h3-5,10-19,25,28H,2,6-9,20-21H2,1H3,(H,33,37)/t28-/m0/s1. The zero-order chi connectivity index (χ0) is 28.7. The van der Waals surface area contributed by atoms with Crippen LogP contribution in [0.3, 0.4) is 0 Å². The van der Waals surface area contributed by atoms with Crippen molar-refractivity contribution < 1.29 is 22.4 Å². The number of anilines is 1. The molecule has 0 aromatic heterocycles. The van der Waals surface area contributed by atoms with Gasteiger partial charge in [-0.3, -0.25) is 13.9 Å². The predicted octanol–water partition coefficient (Wildman–Crippen LogP) is 5.54. The maximum Gasteiger partial charge on any atom is 0.264 e. The van der Waals surface area contributed by atoms with Crippen LogP contribution in [-0.4, -0.2) is 43.8 Å². The lowest BCUT2D eigenvalue weighted by Gasteiger charge is -2.33. The zero-order valence-electron chi connectivity index (χ0n) is 22.3. The molecule has 0 spiro atoms. The van der Waals surface area contributed by atoms with E-state index in [2.05, 4.69) is 5.32 Å². The molecule has 1 saturated carbocycles. The van der Waals surface area contributed by atoms with Gasteiger partial charge >= 0.3 is 0 Å². The third-order valence-electron chi connectivity index (χ3n) is 7.08. The van der Waals surface area contributed by atoms with Crippen LogP contribution in [0.4, 0.5) is 10.1 Å². The molecule has 7 nitrogen and oxygen atoms in total. The highest BCUT2D eigenvalue weighted by Gasteiger charge is 2.34. The molecule has 0 bridgehead atoms. The third-order valence-corrected chi connectivity index (χ3v) is 9.12. The quantitative estimate of drug-likeness (QED) is 0.320. The molecule has 0 heterocycles. The Bertz CT molecular complexity index is 1400. The molecular formula is C30H33ClFN3O4S. The van der Waals surface area contributed by atoms with Crippen LogP contribution in [0.5, 0.6) is 0 Å². The van der Waals surface area contributed by atoms with E-state index in [-0.39, 0.29) is 29.1 Å². The van der Waals surface area contributed by atoms with Crippen molar-refractivity contribution in [2.75, 3.05) is 10.8 Å². The normalized spacial score (nSPS) is 14.5. The van der Waals surface area contributed by atoms with Gasteiger partial charge in [-0.1, -0.05) is 61.7 Å². The Kier molecular flexibility index (Phi) is 9.81. The highest BCUT2D eigenvalue weighted by molar-refractivity contribution is 7.92. The first-order valence-electron chi connectivity index (χ1n) is 13.4. The molecule has 40 heavy (non-hydrogen) atoms. The Morgan fingerprint density at radius 2 is 1.60 bits per heavy atom. The molecule has 3 aromatic rings. The van der Waals surface area contributed by atoms with E-state index in [0.29, 0.717) is 11.4 Å². The van der Waals surface area contributed by atoms with Crippen LogP contribution in [0.25, 0.3) is 0 Å². The van der Waals surface area contributed by atoms with Crippen molar-refractivity contribution in [3.8, 4) is 0 Å². The van der Waals surface area contributed by atoms with Crippen LogP contribution < -0.4 is 9.62 Å². The van der Waals surface area contributed by atoms with Gasteiger partial charge in [0.2, 0.25) is 11.8 Å². The Balaban J connectivity index is 1.69. The van der Waals surface area contributed by atoms with Gasteiger partial charge in [-0.2, -0.15) is 0 Å². The minimum atomic E-state index is -4.20. The summed E-state index contributed by atoms with van der Waals surface area (Å²) in [6, 6.07) is 18.8. The summed E-state index contributed by atoms with van der Waals surface area (Å²) >= 11 is 6.06. The molecule has 0 aliphatic heterocycles. The van der Waals surface area contributed by atoms with Gasteiger partial charge in [0.25, 0.3) is 10.0 Å². The van der Waals surface area contributed by atoms with Crippen LogP contribution in [0, 0.1) is 5.82 Å². The van der Waals surface area contributed by atoms with Gasteiger partial charge in [0.05, 0.1) is 10.6 Å². The summed E-state index contributed by atoms with van der Waals surface area (Å²) < 4.78 is 42.2. The number of hydrogen-bond donors (Lipinski definition) is 1. The summed E-state index contributed by atoms with van der Waals surface area (Å²) in [5, 5.41) is 3.61. The first kappa shape index (κ1) is 29.6. The second-order valence-corrected chi connectivity index (χ2v) is 12.2. The van der Waals surface area contributed by atoms with Gasteiger partial charge in [0.1, 0.15) is 18.4 Å². The van der Waals surface area contributed by atoms with E-state index in [9.17, 15) is 22.4 Å². The van der Waals surface area contributed by atoms with E-state index in [1.54, 1.807) is 42.5 Å². The largest absolute Gasteiger partial charge is 0.352 e. The van der Waals surface area contributed by atoms with Gasteiger partial charge in [-0.25, -0.2) is 12.8 Å². The van der Waals surface area contributed by atoms with E-state index < -0.39 is 34.3 Å². The smallest absolute Gasteiger partial charge is 0.264 e.